The first-order valence-electron chi connectivity index (χ1n) is 7.24. The van der Waals surface area contributed by atoms with Gasteiger partial charge in [0.05, 0.1) is 15.8 Å². The lowest BCUT2D eigenvalue weighted by atomic mass is 10.1. The fourth-order valence-corrected chi connectivity index (χ4v) is 4.04. The molecule has 1 saturated carbocycles. The summed E-state index contributed by atoms with van der Waals surface area (Å²) in [5, 5.41) is 2.02. The number of carbonyl (C=O) groups excluding carboxylic acids is 2. The van der Waals surface area contributed by atoms with Crippen LogP contribution in [0, 0.1) is 0 Å². The van der Waals surface area contributed by atoms with E-state index in [0.29, 0.717) is 21.8 Å². The zero-order chi connectivity index (χ0) is 15.5. The van der Waals surface area contributed by atoms with Crippen LogP contribution in [0.5, 0.6) is 0 Å². The number of nitrogens with zero attached hydrogens (tertiary/aromatic N) is 1. The average molecular weight is 354 g/mol. The SMILES string of the molecule is O=C(CCC(=O)N(Cc1cccs1)C1CC1)c1ccc(Cl)s1. The maximum atomic E-state index is 12.4. The Morgan fingerprint density at radius 1 is 1.23 bits per heavy atom. The van der Waals surface area contributed by atoms with Gasteiger partial charge in [-0.3, -0.25) is 9.59 Å². The molecule has 0 unspecified atom stereocenters. The molecule has 22 heavy (non-hydrogen) atoms. The molecule has 6 heteroatoms. The highest BCUT2D eigenvalue weighted by Crippen LogP contribution is 2.30. The van der Waals surface area contributed by atoms with Gasteiger partial charge in [-0.2, -0.15) is 0 Å². The smallest absolute Gasteiger partial charge is 0.223 e. The van der Waals surface area contributed by atoms with E-state index in [1.807, 2.05) is 22.4 Å². The van der Waals surface area contributed by atoms with Crippen LogP contribution in [-0.4, -0.2) is 22.6 Å². The Morgan fingerprint density at radius 3 is 2.64 bits per heavy atom. The molecule has 2 aromatic rings. The molecule has 0 bridgehead atoms. The first-order valence-corrected chi connectivity index (χ1v) is 9.31. The lowest BCUT2D eigenvalue weighted by Crippen LogP contribution is -2.32. The van der Waals surface area contributed by atoms with Crippen LogP contribution in [-0.2, 0) is 11.3 Å². The van der Waals surface area contributed by atoms with Crippen molar-refractivity contribution in [3.63, 3.8) is 0 Å². The zero-order valence-electron chi connectivity index (χ0n) is 12.0. The molecule has 116 valence electrons. The van der Waals surface area contributed by atoms with E-state index < -0.39 is 0 Å². The average Bonchev–Trinajstić information content (AvgIpc) is 3.03. The van der Waals surface area contributed by atoms with Crippen LogP contribution in [0.3, 0.4) is 0 Å². The van der Waals surface area contributed by atoms with Crippen LogP contribution in [0.4, 0.5) is 0 Å². The minimum absolute atomic E-state index is 0.00267. The summed E-state index contributed by atoms with van der Waals surface area (Å²) in [4.78, 5) is 28.3. The largest absolute Gasteiger partial charge is 0.335 e. The van der Waals surface area contributed by atoms with Gasteiger partial charge < -0.3 is 4.90 Å². The van der Waals surface area contributed by atoms with Crippen LogP contribution in [0.2, 0.25) is 4.34 Å². The van der Waals surface area contributed by atoms with Crippen molar-refractivity contribution in [3.05, 3.63) is 43.7 Å². The number of rotatable bonds is 7. The van der Waals surface area contributed by atoms with Gasteiger partial charge in [0.2, 0.25) is 5.91 Å². The van der Waals surface area contributed by atoms with Crippen LogP contribution < -0.4 is 0 Å². The highest BCUT2D eigenvalue weighted by Gasteiger charge is 2.32. The van der Waals surface area contributed by atoms with E-state index in [1.165, 1.54) is 16.2 Å². The Morgan fingerprint density at radius 2 is 2.05 bits per heavy atom. The minimum atomic E-state index is -0.00267. The summed E-state index contributed by atoms with van der Waals surface area (Å²) in [5.74, 6) is 0.0732. The van der Waals surface area contributed by atoms with E-state index in [2.05, 4.69) is 0 Å². The summed E-state index contributed by atoms with van der Waals surface area (Å²) in [5.41, 5.74) is 0. The second-order valence-electron chi connectivity index (χ2n) is 5.36. The molecule has 2 heterocycles. The van der Waals surface area contributed by atoms with Gasteiger partial charge in [-0.15, -0.1) is 22.7 Å². The van der Waals surface area contributed by atoms with Crippen LogP contribution in [0.25, 0.3) is 0 Å². The molecule has 1 amide bonds. The summed E-state index contributed by atoms with van der Waals surface area (Å²) in [6.07, 6.45) is 2.68. The Balaban J connectivity index is 1.56. The maximum Gasteiger partial charge on any atom is 0.223 e. The van der Waals surface area contributed by atoms with Gasteiger partial charge in [0, 0.05) is 23.8 Å². The number of Topliss-reactive ketones (excluding diaryl/α,β-unsaturated/α-hetero) is 1. The van der Waals surface area contributed by atoms with E-state index >= 15 is 0 Å². The summed E-state index contributed by atoms with van der Waals surface area (Å²) in [7, 11) is 0. The van der Waals surface area contributed by atoms with Crippen molar-refractivity contribution in [1.29, 1.82) is 0 Å². The van der Waals surface area contributed by atoms with E-state index in [9.17, 15) is 9.59 Å². The van der Waals surface area contributed by atoms with Gasteiger partial charge in [0.15, 0.2) is 5.78 Å². The molecule has 0 aromatic carbocycles. The van der Waals surface area contributed by atoms with E-state index in [-0.39, 0.29) is 24.5 Å². The van der Waals surface area contributed by atoms with Crippen LogP contribution in [0.1, 0.15) is 40.2 Å². The fraction of sp³-hybridized carbons (Fsp3) is 0.375. The molecule has 0 spiro atoms. The molecule has 0 N–H and O–H groups in total. The molecule has 1 aliphatic rings. The summed E-state index contributed by atoms with van der Waals surface area (Å²) in [6.45, 7) is 0.667. The Hall–Kier alpha value is -1.17. The molecule has 0 atom stereocenters. The Bertz CT molecular complexity index is 662. The van der Waals surface area contributed by atoms with E-state index in [0.717, 1.165) is 12.8 Å². The van der Waals surface area contributed by atoms with Crippen molar-refractivity contribution in [2.24, 2.45) is 0 Å². The van der Waals surface area contributed by atoms with Crippen molar-refractivity contribution in [2.75, 3.05) is 0 Å². The molecule has 0 aliphatic heterocycles. The molecule has 1 aliphatic carbocycles. The second kappa shape index (κ2) is 6.94. The third-order valence-corrected chi connectivity index (χ3v) is 5.76. The predicted molar refractivity (Wildman–Crippen MR) is 90.8 cm³/mol. The van der Waals surface area contributed by atoms with Crippen molar-refractivity contribution in [1.82, 2.24) is 4.90 Å². The molecule has 2 aromatic heterocycles. The fourth-order valence-electron chi connectivity index (χ4n) is 2.33. The molecule has 1 fully saturated rings. The van der Waals surface area contributed by atoms with Crippen molar-refractivity contribution >= 4 is 46.0 Å². The van der Waals surface area contributed by atoms with Crippen molar-refractivity contribution < 1.29 is 9.59 Å². The van der Waals surface area contributed by atoms with Crippen LogP contribution in [0.15, 0.2) is 29.6 Å². The highest BCUT2D eigenvalue weighted by molar-refractivity contribution is 7.18. The number of amides is 1. The quantitative estimate of drug-likeness (QED) is 0.681. The molecule has 0 radical (unpaired) electrons. The maximum absolute atomic E-state index is 12.4. The molecular formula is C16H16ClNO2S2. The van der Waals surface area contributed by atoms with E-state index in [4.69, 9.17) is 11.6 Å². The monoisotopic (exact) mass is 353 g/mol. The summed E-state index contributed by atoms with van der Waals surface area (Å²) >= 11 is 8.77. The van der Waals surface area contributed by atoms with Gasteiger partial charge in [0.1, 0.15) is 0 Å². The first-order chi connectivity index (χ1) is 10.6. The van der Waals surface area contributed by atoms with E-state index in [1.54, 1.807) is 23.5 Å². The second-order valence-corrected chi connectivity index (χ2v) is 8.11. The molecular weight excluding hydrogens is 338 g/mol. The Kier molecular flexibility index (Phi) is 4.96. The lowest BCUT2D eigenvalue weighted by Gasteiger charge is -2.21. The lowest BCUT2D eigenvalue weighted by molar-refractivity contribution is -0.132. The molecule has 3 nitrogen and oxygen atoms in total. The number of hydrogen-bond acceptors (Lipinski definition) is 4. The minimum Gasteiger partial charge on any atom is -0.335 e. The normalized spacial score (nSPS) is 14.0. The topological polar surface area (TPSA) is 37.4 Å². The first kappa shape index (κ1) is 15.7. The Labute approximate surface area is 142 Å². The number of halogens is 1. The number of ketones is 1. The van der Waals surface area contributed by atoms with Gasteiger partial charge in [-0.05, 0) is 36.4 Å². The van der Waals surface area contributed by atoms with Crippen molar-refractivity contribution in [2.45, 2.75) is 38.3 Å². The highest BCUT2D eigenvalue weighted by atomic mass is 35.5. The van der Waals surface area contributed by atoms with Crippen LogP contribution >= 0.6 is 34.3 Å². The van der Waals surface area contributed by atoms with Gasteiger partial charge in [-0.1, -0.05) is 17.7 Å². The number of carbonyl (C=O) groups is 2. The molecule has 3 rings (SSSR count). The summed E-state index contributed by atoms with van der Waals surface area (Å²) in [6, 6.07) is 7.85. The summed E-state index contributed by atoms with van der Waals surface area (Å²) < 4.78 is 0.604. The zero-order valence-corrected chi connectivity index (χ0v) is 14.3. The standard InChI is InChI=1S/C16H16ClNO2S2/c17-15-7-6-14(22-15)13(19)5-8-16(20)18(11-3-4-11)10-12-2-1-9-21-12/h1-2,6-7,9,11H,3-5,8,10H2. The number of thiophene rings is 2. The van der Waals surface area contributed by atoms with Gasteiger partial charge >= 0.3 is 0 Å². The predicted octanol–water partition coefficient (Wildman–Crippen LogP) is 4.62. The molecule has 0 saturated heterocycles. The third-order valence-electron chi connectivity index (χ3n) is 3.63. The van der Waals surface area contributed by atoms with Gasteiger partial charge in [0.25, 0.3) is 0 Å². The van der Waals surface area contributed by atoms with Crippen molar-refractivity contribution in [3.8, 4) is 0 Å². The third kappa shape index (κ3) is 3.97. The number of hydrogen-bond donors (Lipinski definition) is 0. The van der Waals surface area contributed by atoms with Gasteiger partial charge in [-0.25, -0.2) is 0 Å².